The van der Waals surface area contributed by atoms with E-state index in [0.29, 0.717) is 5.02 Å². The Hall–Kier alpha value is -1.19. The second kappa shape index (κ2) is 5.23. The van der Waals surface area contributed by atoms with E-state index in [0.717, 1.165) is 22.0 Å². The molecule has 0 atom stereocenters. The van der Waals surface area contributed by atoms with Crippen molar-refractivity contribution in [3.63, 3.8) is 0 Å². The average molecular weight is 251 g/mol. The first-order valence-electron chi connectivity index (χ1n) is 4.83. The van der Waals surface area contributed by atoms with E-state index in [1.54, 1.807) is 24.0 Å². The summed E-state index contributed by atoms with van der Waals surface area (Å²) < 4.78 is 0. The zero-order chi connectivity index (χ0) is 11.4. The standard InChI is InChI=1S/C12H11ClN2S/c13-9-5-6-15-10(7-9)8-16-12-4-2-1-3-11(12)14/h1-7H,8,14H2. The van der Waals surface area contributed by atoms with Crippen molar-refractivity contribution < 1.29 is 0 Å². The highest BCUT2D eigenvalue weighted by molar-refractivity contribution is 7.98. The van der Waals surface area contributed by atoms with Gasteiger partial charge in [-0.25, -0.2) is 0 Å². The van der Waals surface area contributed by atoms with E-state index in [1.165, 1.54) is 0 Å². The number of halogens is 1. The van der Waals surface area contributed by atoms with Crippen LogP contribution in [0, 0.1) is 0 Å². The predicted octanol–water partition coefficient (Wildman–Crippen LogP) is 3.61. The molecule has 0 aliphatic carbocycles. The molecule has 2 rings (SSSR count). The first-order chi connectivity index (χ1) is 7.75. The number of benzene rings is 1. The molecule has 82 valence electrons. The van der Waals surface area contributed by atoms with Crippen molar-refractivity contribution in [2.75, 3.05) is 5.73 Å². The molecule has 0 amide bonds. The van der Waals surface area contributed by atoms with E-state index in [9.17, 15) is 0 Å². The number of anilines is 1. The maximum atomic E-state index is 5.88. The monoisotopic (exact) mass is 250 g/mol. The Kier molecular flexibility index (Phi) is 3.70. The summed E-state index contributed by atoms with van der Waals surface area (Å²) in [5.74, 6) is 0.773. The van der Waals surface area contributed by atoms with Gasteiger partial charge in [-0.3, -0.25) is 4.98 Å². The van der Waals surface area contributed by atoms with Gasteiger partial charge in [0.2, 0.25) is 0 Å². The molecule has 2 N–H and O–H groups in total. The number of rotatable bonds is 3. The smallest absolute Gasteiger partial charge is 0.0521 e. The largest absolute Gasteiger partial charge is 0.398 e. The molecule has 0 saturated heterocycles. The minimum atomic E-state index is 0.714. The summed E-state index contributed by atoms with van der Waals surface area (Å²) in [6.45, 7) is 0. The van der Waals surface area contributed by atoms with Crippen LogP contribution in [0.5, 0.6) is 0 Å². The van der Waals surface area contributed by atoms with Gasteiger partial charge in [0.05, 0.1) is 5.69 Å². The topological polar surface area (TPSA) is 38.9 Å². The number of pyridine rings is 1. The number of nitrogens with zero attached hydrogens (tertiary/aromatic N) is 1. The van der Waals surface area contributed by atoms with Crippen molar-refractivity contribution in [2.24, 2.45) is 0 Å². The van der Waals surface area contributed by atoms with Crippen molar-refractivity contribution >= 4 is 29.1 Å². The van der Waals surface area contributed by atoms with Crippen LogP contribution >= 0.6 is 23.4 Å². The fourth-order valence-electron chi connectivity index (χ4n) is 1.29. The number of hydrogen-bond donors (Lipinski definition) is 1. The molecular weight excluding hydrogens is 240 g/mol. The van der Waals surface area contributed by atoms with Crippen molar-refractivity contribution in [2.45, 2.75) is 10.6 Å². The molecule has 4 heteroatoms. The molecule has 0 saturated carbocycles. The van der Waals surface area contributed by atoms with E-state index < -0.39 is 0 Å². The number of thioether (sulfide) groups is 1. The molecule has 0 bridgehead atoms. The van der Waals surface area contributed by atoms with Gasteiger partial charge in [0, 0.05) is 27.6 Å². The van der Waals surface area contributed by atoms with Crippen LogP contribution in [-0.4, -0.2) is 4.98 Å². The van der Waals surface area contributed by atoms with Crippen LogP contribution < -0.4 is 5.73 Å². The van der Waals surface area contributed by atoms with Gasteiger partial charge in [-0.2, -0.15) is 0 Å². The molecule has 2 aromatic rings. The van der Waals surface area contributed by atoms with Gasteiger partial charge in [0.1, 0.15) is 0 Å². The second-order valence-corrected chi connectivity index (χ2v) is 4.75. The van der Waals surface area contributed by atoms with Crippen molar-refractivity contribution in [1.82, 2.24) is 4.98 Å². The third-order valence-electron chi connectivity index (χ3n) is 2.07. The highest BCUT2D eigenvalue weighted by Crippen LogP contribution is 2.27. The van der Waals surface area contributed by atoms with Crippen LogP contribution in [0.25, 0.3) is 0 Å². The number of nitrogens with two attached hydrogens (primary N) is 1. The summed E-state index contributed by atoms with van der Waals surface area (Å²) >= 11 is 7.55. The van der Waals surface area contributed by atoms with Crippen LogP contribution in [0.1, 0.15) is 5.69 Å². The lowest BCUT2D eigenvalue weighted by Gasteiger charge is -2.04. The first-order valence-corrected chi connectivity index (χ1v) is 6.20. The minimum Gasteiger partial charge on any atom is -0.398 e. The Morgan fingerprint density at radius 2 is 2.06 bits per heavy atom. The second-order valence-electron chi connectivity index (χ2n) is 3.29. The van der Waals surface area contributed by atoms with E-state index in [-0.39, 0.29) is 0 Å². The molecule has 0 spiro atoms. The third-order valence-corrected chi connectivity index (χ3v) is 3.43. The summed E-state index contributed by atoms with van der Waals surface area (Å²) in [5.41, 5.74) is 7.61. The van der Waals surface area contributed by atoms with E-state index in [4.69, 9.17) is 17.3 Å². The number of nitrogen functional groups attached to an aromatic ring is 1. The van der Waals surface area contributed by atoms with Crippen molar-refractivity contribution in [3.8, 4) is 0 Å². The summed E-state index contributed by atoms with van der Waals surface area (Å²) in [6, 6.07) is 11.4. The lowest BCUT2D eigenvalue weighted by Crippen LogP contribution is -1.89. The Morgan fingerprint density at radius 3 is 2.81 bits per heavy atom. The molecule has 0 unspecified atom stereocenters. The number of hydrogen-bond acceptors (Lipinski definition) is 3. The summed E-state index contributed by atoms with van der Waals surface area (Å²) in [4.78, 5) is 5.31. The summed E-state index contributed by atoms with van der Waals surface area (Å²) in [5, 5.41) is 0.714. The molecule has 0 radical (unpaired) electrons. The fraction of sp³-hybridized carbons (Fsp3) is 0.0833. The molecule has 0 aliphatic rings. The molecule has 16 heavy (non-hydrogen) atoms. The van der Waals surface area contributed by atoms with Gasteiger partial charge in [0.15, 0.2) is 0 Å². The lowest BCUT2D eigenvalue weighted by atomic mass is 10.3. The van der Waals surface area contributed by atoms with Gasteiger partial charge in [-0.1, -0.05) is 23.7 Å². The molecule has 0 aliphatic heterocycles. The number of aromatic nitrogens is 1. The van der Waals surface area contributed by atoms with Gasteiger partial charge in [-0.15, -0.1) is 11.8 Å². The zero-order valence-electron chi connectivity index (χ0n) is 8.56. The zero-order valence-corrected chi connectivity index (χ0v) is 10.1. The predicted molar refractivity (Wildman–Crippen MR) is 69.7 cm³/mol. The highest BCUT2D eigenvalue weighted by atomic mass is 35.5. The minimum absolute atomic E-state index is 0.714. The SMILES string of the molecule is Nc1ccccc1SCc1cc(Cl)ccn1. The van der Waals surface area contributed by atoms with Crippen LogP contribution in [0.15, 0.2) is 47.5 Å². The van der Waals surface area contributed by atoms with Gasteiger partial charge in [0.25, 0.3) is 0 Å². The van der Waals surface area contributed by atoms with E-state index in [2.05, 4.69) is 4.98 Å². The van der Waals surface area contributed by atoms with Gasteiger partial charge >= 0.3 is 0 Å². The normalized spacial score (nSPS) is 10.3. The third kappa shape index (κ3) is 2.90. The summed E-state index contributed by atoms with van der Waals surface area (Å²) in [7, 11) is 0. The quantitative estimate of drug-likeness (QED) is 0.668. The fourth-order valence-corrected chi connectivity index (χ4v) is 2.34. The number of para-hydroxylation sites is 1. The molecule has 0 fully saturated rings. The van der Waals surface area contributed by atoms with Crippen LogP contribution in [-0.2, 0) is 5.75 Å². The maximum Gasteiger partial charge on any atom is 0.0521 e. The molecular formula is C12H11ClN2S. The van der Waals surface area contributed by atoms with Gasteiger partial charge in [-0.05, 0) is 24.3 Å². The van der Waals surface area contributed by atoms with Crippen LogP contribution in [0.3, 0.4) is 0 Å². The summed E-state index contributed by atoms with van der Waals surface area (Å²) in [6.07, 6.45) is 1.71. The van der Waals surface area contributed by atoms with Gasteiger partial charge < -0.3 is 5.73 Å². The van der Waals surface area contributed by atoms with E-state index >= 15 is 0 Å². The maximum absolute atomic E-state index is 5.88. The Morgan fingerprint density at radius 1 is 1.25 bits per heavy atom. The Bertz CT molecular complexity index is 488. The Balaban J connectivity index is 2.05. The van der Waals surface area contributed by atoms with Crippen molar-refractivity contribution in [3.05, 3.63) is 53.3 Å². The lowest BCUT2D eigenvalue weighted by molar-refractivity contribution is 1.17. The van der Waals surface area contributed by atoms with Crippen LogP contribution in [0.4, 0.5) is 5.69 Å². The van der Waals surface area contributed by atoms with Crippen LogP contribution in [0.2, 0.25) is 5.02 Å². The molecule has 1 aromatic carbocycles. The average Bonchev–Trinajstić information content (AvgIpc) is 2.28. The highest BCUT2D eigenvalue weighted by Gasteiger charge is 2.01. The molecule has 2 nitrogen and oxygen atoms in total. The van der Waals surface area contributed by atoms with Crippen molar-refractivity contribution in [1.29, 1.82) is 0 Å². The van der Waals surface area contributed by atoms with E-state index in [1.807, 2.05) is 30.3 Å². The Labute approximate surface area is 104 Å². The molecule has 1 heterocycles. The molecule has 1 aromatic heterocycles. The first kappa shape index (κ1) is 11.3.